The predicted octanol–water partition coefficient (Wildman–Crippen LogP) is 4.48. The average Bonchev–Trinajstić information content (AvgIpc) is 2.39. The summed E-state index contributed by atoms with van der Waals surface area (Å²) in [5.41, 5.74) is 0. The molecule has 1 aliphatic rings. The van der Waals surface area contributed by atoms with Crippen LogP contribution in [0.15, 0.2) is 15.9 Å². The van der Waals surface area contributed by atoms with Crippen molar-refractivity contribution in [2.24, 2.45) is 0 Å². The van der Waals surface area contributed by atoms with Crippen LogP contribution in [0.4, 0.5) is 0 Å². The third-order valence-electron chi connectivity index (χ3n) is 1.76. The molecule has 0 radical (unpaired) electrons. The molecule has 1 fully saturated rings. The molecule has 0 bridgehead atoms. The van der Waals surface area contributed by atoms with E-state index in [1.165, 1.54) is 15.1 Å². The van der Waals surface area contributed by atoms with Gasteiger partial charge in [-0.25, -0.2) is 0 Å². The highest BCUT2D eigenvalue weighted by Crippen LogP contribution is 2.63. The second-order valence-corrected chi connectivity index (χ2v) is 9.05. The van der Waals surface area contributed by atoms with Crippen LogP contribution in [-0.2, 0) is 0 Å². The second-order valence-electron chi connectivity index (χ2n) is 2.66. The Kier molecular flexibility index (Phi) is 2.24. The highest BCUT2D eigenvalue weighted by atomic mass is 79.9. The first-order valence-corrected chi connectivity index (χ1v) is 6.42. The van der Waals surface area contributed by atoms with Gasteiger partial charge >= 0.3 is 0 Å². The summed E-state index contributed by atoms with van der Waals surface area (Å²) in [7, 11) is 0. The van der Waals surface area contributed by atoms with Gasteiger partial charge in [0.2, 0.25) is 0 Å². The minimum atomic E-state index is 0.199. The maximum absolute atomic E-state index is 3.61. The molecule has 1 aromatic rings. The largest absolute Gasteiger partial charge is 0.133 e. The molecule has 1 unspecified atom stereocenters. The van der Waals surface area contributed by atoms with Crippen LogP contribution in [0.5, 0.6) is 0 Å². The minimum absolute atomic E-state index is 0.199. The van der Waals surface area contributed by atoms with Crippen LogP contribution in [0, 0.1) is 0 Å². The Bertz CT molecular complexity index is 279. The first-order chi connectivity index (χ1) is 5.09. The zero-order chi connectivity index (χ0) is 8.06. The van der Waals surface area contributed by atoms with E-state index in [0.717, 1.165) is 0 Å². The van der Waals surface area contributed by atoms with Gasteiger partial charge in [0.15, 0.2) is 0 Å². The standard InChI is InChI=1S/C7H5Br3S/c8-6-2-1-5(11-6)4-3-7(4,9)10/h1-2,4H,3H2. The van der Waals surface area contributed by atoms with Crippen LogP contribution < -0.4 is 0 Å². The molecule has 1 aliphatic carbocycles. The normalized spacial score (nSPS) is 27.0. The topological polar surface area (TPSA) is 0 Å². The van der Waals surface area contributed by atoms with E-state index in [1.54, 1.807) is 0 Å². The van der Waals surface area contributed by atoms with Crippen molar-refractivity contribution in [1.82, 2.24) is 0 Å². The number of alkyl halides is 2. The van der Waals surface area contributed by atoms with Crippen molar-refractivity contribution in [3.8, 4) is 0 Å². The number of hydrogen-bond acceptors (Lipinski definition) is 1. The van der Waals surface area contributed by atoms with E-state index in [0.29, 0.717) is 5.92 Å². The smallest absolute Gasteiger partial charge is 0.0889 e. The molecule has 0 aromatic carbocycles. The number of rotatable bonds is 1. The Morgan fingerprint density at radius 3 is 2.45 bits per heavy atom. The van der Waals surface area contributed by atoms with Crippen molar-refractivity contribution in [2.45, 2.75) is 15.6 Å². The van der Waals surface area contributed by atoms with Gasteiger partial charge in [0.1, 0.15) is 0 Å². The summed E-state index contributed by atoms with van der Waals surface area (Å²) in [6, 6.07) is 4.29. The average molecular weight is 361 g/mol. The lowest BCUT2D eigenvalue weighted by Crippen LogP contribution is -1.83. The van der Waals surface area contributed by atoms with Gasteiger partial charge in [-0.1, -0.05) is 31.9 Å². The first kappa shape index (κ1) is 8.73. The van der Waals surface area contributed by atoms with E-state index in [9.17, 15) is 0 Å². The summed E-state index contributed by atoms with van der Waals surface area (Å²) in [4.78, 5) is 1.45. The zero-order valence-corrected chi connectivity index (χ0v) is 11.1. The molecule has 0 spiro atoms. The van der Waals surface area contributed by atoms with E-state index < -0.39 is 0 Å². The molecular weight excluding hydrogens is 356 g/mol. The van der Waals surface area contributed by atoms with Crippen LogP contribution >= 0.6 is 59.1 Å². The lowest BCUT2D eigenvalue weighted by molar-refractivity contribution is 1.18. The second kappa shape index (κ2) is 2.82. The summed E-state index contributed by atoms with van der Waals surface area (Å²) < 4.78 is 1.42. The molecule has 0 nitrogen and oxygen atoms in total. The Labute approximate surface area is 94.8 Å². The summed E-state index contributed by atoms with van der Waals surface area (Å²) in [6.45, 7) is 0. The highest BCUT2D eigenvalue weighted by molar-refractivity contribution is 9.25. The summed E-state index contributed by atoms with van der Waals surface area (Å²) in [5.74, 6) is 0.666. The third-order valence-corrected chi connectivity index (χ3v) is 5.25. The molecular formula is C7H5Br3S. The van der Waals surface area contributed by atoms with Gasteiger partial charge in [-0.15, -0.1) is 11.3 Å². The van der Waals surface area contributed by atoms with Gasteiger partial charge in [0, 0.05) is 10.8 Å². The van der Waals surface area contributed by atoms with E-state index in [-0.39, 0.29) is 3.23 Å². The van der Waals surface area contributed by atoms with E-state index >= 15 is 0 Å². The Hall–Kier alpha value is 1.14. The molecule has 0 N–H and O–H groups in total. The lowest BCUT2D eigenvalue weighted by atomic mass is 10.3. The SMILES string of the molecule is Brc1ccc(C2CC2(Br)Br)s1. The Balaban J connectivity index is 2.20. The van der Waals surface area contributed by atoms with Gasteiger partial charge in [0.05, 0.1) is 7.02 Å². The quantitative estimate of drug-likeness (QED) is 0.647. The molecule has 60 valence electrons. The van der Waals surface area contributed by atoms with Gasteiger partial charge in [-0.3, -0.25) is 0 Å². The molecule has 1 saturated carbocycles. The molecule has 0 amide bonds. The van der Waals surface area contributed by atoms with Crippen molar-refractivity contribution < 1.29 is 0 Å². The van der Waals surface area contributed by atoms with Gasteiger partial charge in [-0.2, -0.15) is 0 Å². The molecule has 4 heteroatoms. The fraction of sp³-hybridized carbons (Fsp3) is 0.429. The maximum Gasteiger partial charge on any atom is 0.0889 e. The fourth-order valence-corrected chi connectivity index (χ4v) is 4.10. The Morgan fingerprint density at radius 1 is 1.45 bits per heavy atom. The molecule has 2 rings (SSSR count). The molecule has 1 heterocycles. The number of halogens is 3. The molecule has 0 aliphatic heterocycles. The molecule has 1 atom stereocenters. The molecule has 1 aromatic heterocycles. The van der Waals surface area contributed by atoms with Crippen molar-refractivity contribution in [3.05, 3.63) is 20.8 Å². The highest BCUT2D eigenvalue weighted by Gasteiger charge is 2.51. The van der Waals surface area contributed by atoms with Gasteiger partial charge < -0.3 is 0 Å². The number of hydrogen-bond donors (Lipinski definition) is 0. The summed E-state index contributed by atoms with van der Waals surface area (Å²) >= 11 is 12.5. The van der Waals surface area contributed by atoms with E-state index in [2.05, 4.69) is 59.9 Å². The van der Waals surface area contributed by atoms with E-state index in [1.807, 2.05) is 11.3 Å². The Morgan fingerprint density at radius 2 is 2.09 bits per heavy atom. The van der Waals surface area contributed by atoms with Crippen molar-refractivity contribution >= 4 is 59.1 Å². The lowest BCUT2D eigenvalue weighted by Gasteiger charge is -1.94. The fourth-order valence-electron chi connectivity index (χ4n) is 1.04. The van der Waals surface area contributed by atoms with Crippen LogP contribution in [0.3, 0.4) is 0 Å². The zero-order valence-electron chi connectivity index (χ0n) is 5.48. The third kappa shape index (κ3) is 1.74. The van der Waals surface area contributed by atoms with Crippen molar-refractivity contribution in [3.63, 3.8) is 0 Å². The van der Waals surface area contributed by atoms with Gasteiger partial charge in [-0.05, 0) is 34.5 Å². The van der Waals surface area contributed by atoms with Crippen LogP contribution in [0.2, 0.25) is 0 Å². The monoisotopic (exact) mass is 358 g/mol. The van der Waals surface area contributed by atoms with Crippen LogP contribution in [0.25, 0.3) is 0 Å². The van der Waals surface area contributed by atoms with E-state index in [4.69, 9.17) is 0 Å². The number of thiophene rings is 1. The minimum Gasteiger partial charge on any atom is -0.133 e. The maximum atomic E-state index is 3.61. The van der Waals surface area contributed by atoms with Crippen LogP contribution in [0.1, 0.15) is 17.2 Å². The summed E-state index contributed by atoms with van der Waals surface area (Å²) in [5, 5.41) is 0. The predicted molar refractivity (Wildman–Crippen MR) is 60.0 cm³/mol. The molecule has 11 heavy (non-hydrogen) atoms. The summed E-state index contributed by atoms with van der Waals surface area (Å²) in [6.07, 6.45) is 1.19. The van der Waals surface area contributed by atoms with Crippen molar-refractivity contribution in [1.29, 1.82) is 0 Å². The van der Waals surface area contributed by atoms with Crippen molar-refractivity contribution in [2.75, 3.05) is 0 Å². The van der Waals surface area contributed by atoms with Crippen LogP contribution in [-0.4, -0.2) is 3.23 Å². The van der Waals surface area contributed by atoms with Gasteiger partial charge in [0.25, 0.3) is 0 Å². The first-order valence-electron chi connectivity index (χ1n) is 3.23. The molecule has 0 saturated heterocycles.